The van der Waals surface area contributed by atoms with Gasteiger partial charge in [-0.3, -0.25) is 10.1 Å². The van der Waals surface area contributed by atoms with Crippen molar-refractivity contribution in [1.29, 1.82) is 5.41 Å². The average Bonchev–Trinajstić information content (AvgIpc) is 1.35. The van der Waals surface area contributed by atoms with E-state index < -0.39 is 4.92 Å². The first-order chi connectivity index (χ1) is 2.77. The predicted molar refractivity (Wildman–Crippen MR) is 20.6 cm³/mol. The van der Waals surface area contributed by atoms with E-state index in [1.54, 1.807) is 0 Å². The zero-order valence-electron chi connectivity index (χ0n) is 3.05. The van der Waals surface area contributed by atoms with Crippen molar-refractivity contribution in [3.05, 3.63) is 10.1 Å². The third-order valence-corrected chi connectivity index (χ3v) is 0.240. The van der Waals surface area contributed by atoms with Gasteiger partial charge in [-0.25, -0.2) is 0 Å². The van der Waals surface area contributed by atoms with Crippen LogP contribution in [0.1, 0.15) is 0 Å². The van der Waals surface area contributed by atoms with Crippen LogP contribution in [0.4, 0.5) is 0 Å². The first-order valence-electron chi connectivity index (χ1n) is 1.38. The van der Waals surface area contributed by atoms with E-state index in [0.717, 1.165) is 6.21 Å². The highest BCUT2D eigenvalue weighted by atomic mass is 16.6. The molecule has 4 heteroatoms. The van der Waals surface area contributed by atoms with Gasteiger partial charge in [0.2, 0.25) is 6.54 Å². The summed E-state index contributed by atoms with van der Waals surface area (Å²) < 4.78 is 0. The zero-order chi connectivity index (χ0) is 4.99. The molecule has 0 aliphatic carbocycles. The maximum absolute atomic E-state index is 9.25. The average molecular weight is 88.1 g/mol. The molecule has 1 N–H and O–H groups in total. The smallest absolute Gasteiger partial charge is 0.238 e. The molecular formula is C2H4N2O2. The number of nitrogens with one attached hydrogen (secondary N) is 1. The van der Waals surface area contributed by atoms with E-state index >= 15 is 0 Å². The van der Waals surface area contributed by atoms with E-state index in [-0.39, 0.29) is 6.54 Å². The Balaban J connectivity index is 3.05. The van der Waals surface area contributed by atoms with Gasteiger partial charge in [0.1, 0.15) is 0 Å². The Morgan fingerprint density at radius 2 is 2.50 bits per heavy atom. The topological polar surface area (TPSA) is 67.0 Å². The van der Waals surface area contributed by atoms with E-state index in [1.807, 2.05) is 0 Å². The van der Waals surface area contributed by atoms with Crippen LogP contribution < -0.4 is 0 Å². The van der Waals surface area contributed by atoms with Gasteiger partial charge in [0.15, 0.2) is 0 Å². The fraction of sp³-hybridized carbons (Fsp3) is 0.500. The second-order valence-electron chi connectivity index (χ2n) is 0.719. The van der Waals surface area contributed by atoms with Gasteiger partial charge < -0.3 is 5.41 Å². The van der Waals surface area contributed by atoms with Crippen LogP contribution in [0.15, 0.2) is 0 Å². The maximum Gasteiger partial charge on any atom is 0.238 e. The predicted octanol–water partition coefficient (Wildman–Crippen LogP) is -0.0873. The lowest BCUT2D eigenvalue weighted by Crippen LogP contribution is -1.99. The van der Waals surface area contributed by atoms with Crippen LogP contribution in [0.2, 0.25) is 0 Å². The minimum absolute atomic E-state index is 0.361. The Morgan fingerprint density at radius 3 is 2.50 bits per heavy atom. The molecule has 0 amide bonds. The van der Waals surface area contributed by atoms with Gasteiger partial charge >= 0.3 is 0 Å². The summed E-state index contributed by atoms with van der Waals surface area (Å²) in [5, 5.41) is 15.4. The molecule has 0 radical (unpaired) electrons. The quantitative estimate of drug-likeness (QED) is 0.291. The van der Waals surface area contributed by atoms with Gasteiger partial charge in [-0.2, -0.15) is 0 Å². The van der Waals surface area contributed by atoms with Crippen LogP contribution in [0.5, 0.6) is 0 Å². The number of hydrogen-bond donors (Lipinski definition) is 1. The Bertz CT molecular complexity index is 69.9. The third kappa shape index (κ3) is 3.07. The number of rotatable bonds is 2. The molecule has 0 atom stereocenters. The number of hydrogen-bond acceptors (Lipinski definition) is 3. The van der Waals surface area contributed by atoms with Crippen molar-refractivity contribution in [3.63, 3.8) is 0 Å². The summed E-state index contributed by atoms with van der Waals surface area (Å²) in [6.45, 7) is -0.361. The van der Waals surface area contributed by atoms with Crippen LogP contribution in [0.3, 0.4) is 0 Å². The molecule has 34 valence electrons. The molecular weight excluding hydrogens is 84.0 g/mol. The monoisotopic (exact) mass is 88.0 g/mol. The molecule has 4 nitrogen and oxygen atoms in total. The van der Waals surface area contributed by atoms with Gasteiger partial charge in [0.25, 0.3) is 0 Å². The summed E-state index contributed by atoms with van der Waals surface area (Å²) in [6, 6.07) is 0. The Hall–Kier alpha value is -0.930. The van der Waals surface area contributed by atoms with Crippen molar-refractivity contribution in [2.24, 2.45) is 0 Å². The Labute approximate surface area is 34.4 Å². The molecule has 0 spiro atoms. The summed E-state index contributed by atoms with van der Waals surface area (Å²) >= 11 is 0. The molecule has 0 aliphatic rings. The molecule has 0 aromatic heterocycles. The van der Waals surface area contributed by atoms with Crippen molar-refractivity contribution in [3.8, 4) is 0 Å². The standard InChI is InChI=1S/C2H4N2O2/c3-1-2-4(5)6/h1,3H,2H2. The molecule has 0 aromatic rings. The molecule has 0 saturated carbocycles. The van der Waals surface area contributed by atoms with E-state index in [4.69, 9.17) is 5.41 Å². The van der Waals surface area contributed by atoms with Crippen LogP contribution in [0.25, 0.3) is 0 Å². The molecule has 0 saturated heterocycles. The van der Waals surface area contributed by atoms with Gasteiger partial charge in [-0.1, -0.05) is 0 Å². The van der Waals surface area contributed by atoms with Gasteiger partial charge in [0.05, 0.1) is 6.21 Å². The minimum Gasteiger partial charge on any atom is -0.306 e. The fourth-order valence-electron chi connectivity index (χ4n) is 0.0745. The second-order valence-corrected chi connectivity index (χ2v) is 0.719. The molecule has 6 heavy (non-hydrogen) atoms. The SMILES string of the molecule is N=CC[N+](=O)[O-]. The van der Waals surface area contributed by atoms with Crippen molar-refractivity contribution in [1.82, 2.24) is 0 Å². The molecule has 0 fully saturated rings. The zero-order valence-corrected chi connectivity index (χ0v) is 3.05. The van der Waals surface area contributed by atoms with E-state index in [9.17, 15) is 10.1 Å². The maximum atomic E-state index is 9.25. The van der Waals surface area contributed by atoms with Gasteiger partial charge in [-0.15, -0.1) is 0 Å². The summed E-state index contributed by atoms with van der Waals surface area (Å²) in [6.07, 6.45) is 0.750. The van der Waals surface area contributed by atoms with Crippen LogP contribution in [-0.4, -0.2) is 17.7 Å². The van der Waals surface area contributed by atoms with Gasteiger partial charge in [0, 0.05) is 4.92 Å². The second kappa shape index (κ2) is 2.32. The molecule has 0 aliphatic heterocycles. The lowest BCUT2D eigenvalue weighted by atomic mass is 10.8. The summed E-state index contributed by atoms with van der Waals surface area (Å²) in [4.78, 5) is 8.69. The minimum atomic E-state index is -0.562. The lowest BCUT2D eigenvalue weighted by molar-refractivity contribution is -0.462. The van der Waals surface area contributed by atoms with Gasteiger partial charge in [-0.05, 0) is 0 Å². The van der Waals surface area contributed by atoms with Crippen LogP contribution >= 0.6 is 0 Å². The van der Waals surface area contributed by atoms with Crippen LogP contribution in [-0.2, 0) is 0 Å². The first kappa shape index (κ1) is 5.07. The fourth-order valence-corrected chi connectivity index (χ4v) is 0.0745. The summed E-state index contributed by atoms with van der Waals surface area (Å²) in [5.74, 6) is 0. The molecule has 0 rings (SSSR count). The largest absolute Gasteiger partial charge is 0.306 e. The van der Waals surface area contributed by atoms with E-state index in [2.05, 4.69) is 0 Å². The van der Waals surface area contributed by atoms with Crippen molar-refractivity contribution in [2.75, 3.05) is 6.54 Å². The molecule has 0 bridgehead atoms. The van der Waals surface area contributed by atoms with Crippen molar-refractivity contribution >= 4 is 6.21 Å². The normalized spacial score (nSPS) is 7.33. The summed E-state index contributed by atoms with van der Waals surface area (Å²) in [5.41, 5.74) is 0. The third-order valence-electron chi connectivity index (χ3n) is 0.240. The Morgan fingerprint density at radius 1 is 2.00 bits per heavy atom. The van der Waals surface area contributed by atoms with E-state index in [0.29, 0.717) is 0 Å². The Kier molecular flexibility index (Phi) is 1.96. The van der Waals surface area contributed by atoms with Crippen LogP contribution in [0, 0.1) is 15.5 Å². The highest BCUT2D eigenvalue weighted by Gasteiger charge is 1.82. The molecule has 0 aromatic carbocycles. The van der Waals surface area contributed by atoms with E-state index in [1.165, 1.54) is 0 Å². The van der Waals surface area contributed by atoms with Crippen molar-refractivity contribution in [2.45, 2.75) is 0 Å². The molecule has 0 unspecified atom stereocenters. The number of nitrogens with zero attached hydrogens (tertiary/aromatic N) is 1. The number of nitro groups is 1. The summed E-state index contributed by atoms with van der Waals surface area (Å²) in [7, 11) is 0. The highest BCUT2D eigenvalue weighted by Crippen LogP contribution is 1.56. The lowest BCUT2D eigenvalue weighted by Gasteiger charge is -1.75. The van der Waals surface area contributed by atoms with Crippen molar-refractivity contribution < 1.29 is 4.92 Å². The molecule has 0 heterocycles. The first-order valence-corrected chi connectivity index (χ1v) is 1.38. The highest BCUT2D eigenvalue weighted by molar-refractivity contribution is 5.53.